The number of rotatable bonds is 4. The zero-order chi connectivity index (χ0) is 18.4. The van der Waals surface area contributed by atoms with Crippen molar-refractivity contribution in [3.63, 3.8) is 0 Å². The predicted molar refractivity (Wildman–Crippen MR) is 98.9 cm³/mol. The number of nitrogens with two attached hydrogens (primary N) is 1. The normalized spacial score (nSPS) is 10.1. The molecule has 0 spiro atoms. The lowest BCUT2D eigenvalue weighted by atomic mass is 10.1. The van der Waals surface area contributed by atoms with Gasteiger partial charge in [-0.25, -0.2) is 14.4 Å². The highest BCUT2D eigenvalue weighted by Crippen LogP contribution is 2.13. The van der Waals surface area contributed by atoms with Gasteiger partial charge in [0.05, 0.1) is 5.69 Å². The van der Waals surface area contributed by atoms with Crippen LogP contribution in [0.1, 0.15) is 22.4 Å². The lowest BCUT2D eigenvalue weighted by molar-refractivity contribution is 0.294. The lowest BCUT2D eigenvalue weighted by Gasteiger charge is -2.05. The van der Waals surface area contributed by atoms with E-state index in [0.717, 1.165) is 11.1 Å². The maximum atomic E-state index is 13.5. The lowest BCUT2D eigenvalue weighted by Crippen LogP contribution is -1.99. The van der Waals surface area contributed by atoms with E-state index in [0.29, 0.717) is 30.2 Å². The monoisotopic (exact) mass is 347 g/mol. The van der Waals surface area contributed by atoms with Crippen molar-refractivity contribution in [2.75, 3.05) is 5.73 Å². The van der Waals surface area contributed by atoms with Crippen LogP contribution in [0, 0.1) is 24.6 Å². The quantitative estimate of drug-likeness (QED) is 0.732. The second kappa shape index (κ2) is 8.13. The van der Waals surface area contributed by atoms with E-state index in [-0.39, 0.29) is 5.82 Å². The Hall–Kier alpha value is -3.39. The smallest absolute Gasteiger partial charge is 0.213 e. The average Bonchev–Trinajstić information content (AvgIpc) is 2.66. The van der Waals surface area contributed by atoms with Gasteiger partial charge in [0.25, 0.3) is 0 Å². The van der Waals surface area contributed by atoms with E-state index in [9.17, 15) is 4.39 Å². The molecule has 2 heterocycles. The molecule has 2 N–H and O–H groups in total. The van der Waals surface area contributed by atoms with Crippen molar-refractivity contribution in [2.45, 2.75) is 20.0 Å². The summed E-state index contributed by atoms with van der Waals surface area (Å²) < 4.78 is 19.1. The number of ether oxygens (including phenoxy) is 1. The van der Waals surface area contributed by atoms with Gasteiger partial charge in [-0.05, 0) is 30.2 Å². The van der Waals surface area contributed by atoms with Crippen LogP contribution in [0.25, 0.3) is 0 Å². The van der Waals surface area contributed by atoms with Gasteiger partial charge in [0.2, 0.25) is 5.88 Å². The molecule has 2 aromatic heterocycles. The van der Waals surface area contributed by atoms with Crippen LogP contribution in [0.5, 0.6) is 5.88 Å². The summed E-state index contributed by atoms with van der Waals surface area (Å²) >= 11 is 0. The molecule has 3 aromatic rings. The highest BCUT2D eigenvalue weighted by atomic mass is 19.1. The molecular weight excluding hydrogens is 329 g/mol. The zero-order valence-electron chi connectivity index (χ0n) is 14.4. The molecule has 0 aliphatic carbocycles. The van der Waals surface area contributed by atoms with Gasteiger partial charge in [-0.3, -0.25) is 0 Å². The molecule has 5 heteroatoms. The van der Waals surface area contributed by atoms with Gasteiger partial charge in [0.1, 0.15) is 6.61 Å². The second-order valence-corrected chi connectivity index (χ2v) is 5.74. The first-order valence-corrected chi connectivity index (χ1v) is 8.15. The average molecular weight is 347 g/mol. The van der Waals surface area contributed by atoms with Gasteiger partial charge in [0, 0.05) is 24.2 Å². The Kier molecular flexibility index (Phi) is 5.45. The summed E-state index contributed by atoms with van der Waals surface area (Å²) in [5.74, 6) is 5.95. The van der Waals surface area contributed by atoms with E-state index < -0.39 is 5.82 Å². The van der Waals surface area contributed by atoms with Gasteiger partial charge in [-0.2, -0.15) is 0 Å². The molecule has 0 aliphatic rings. The van der Waals surface area contributed by atoms with Gasteiger partial charge < -0.3 is 10.5 Å². The molecule has 0 amide bonds. The van der Waals surface area contributed by atoms with Crippen molar-refractivity contribution in [1.82, 2.24) is 9.97 Å². The minimum Gasteiger partial charge on any atom is -0.473 e. The molecule has 0 saturated carbocycles. The van der Waals surface area contributed by atoms with E-state index in [2.05, 4.69) is 21.8 Å². The van der Waals surface area contributed by atoms with Crippen LogP contribution in [0.15, 0.2) is 54.7 Å². The molecule has 1 aromatic carbocycles. The van der Waals surface area contributed by atoms with Crippen LogP contribution in [0.2, 0.25) is 0 Å². The van der Waals surface area contributed by atoms with Gasteiger partial charge >= 0.3 is 0 Å². The highest BCUT2D eigenvalue weighted by molar-refractivity contribution is 5.44. The van der Waals surface area contributed by atoms with Gasteiger partial charge in [0.15, 0.2) is 11.6 Å². The SMILES string of the molecule is Cc1nc(N)c(F)cc1C#CCc1ccc(COc2ccccn2)cc1. The third-order valence-electron chi connectivity index (χ3n) is 3.76. The van der Waals surface area contributed by atoms with Crippen LogP contribution in [0.3, 0.4) is 0 Å². The van der Waals surface area contributed by atoms with Crippen molar-refractivity contribution in [3.8, 4) is 17.7 Å². The molecule has 0 fully saturated rings. The van der Waals surface area contributed by atoms with Crippen LogP contribution in [-0.2, 0) is 13.0 Å². The number of hydrogen-bond donors (Lipinski definition) is 1. The number of benzene rings is 1. The molecule has 26 heavy (non-hydrogen) atoms. The molecule has 0 aliphatic heterocycles. The third-order valence-corrected chi connectivity index (χ3v) is 3.76. The topological polar surface area (TPSA) is 61.0 Å². The van der Waals surface area contributed by atoms with Crippen molar-refractivity contribution in [3.05, 3.63) is 82.9 Å². The number of aryl methyl sites for hydroxylation is 1. The van der Waals surface area contributed by atoms with Crippen molar-refractivity contribution in [1.29, 1.82) is 0 Å². The van der Waals surface area contributed by atoms with Gasteiger partial charge in [-0.1, -0.05) is 42.2 Å². The number of aromatic nitrogens is 2. The fourth-order valence-electron chi connectivity index (χ4n) is 2.31. The fraction of sp³-hybridized carbons (Fsp3) is 0.143. The number of pyridine rings is 2. The number of anilines is 1. The summed E-state index contributed by atoms with van der Waals surface area (Å²) in [6.07, 6.45) is 2.26. The van der Waals surface area contributed by atoms with E-state index in [1.807, 2.05) is 42.5 Å². The summed E-state index contributed by atoms with van der Waals surface area (Å²) in [7, 11) is 0. The minimum absolute atomic E-state index is 0.100. The Balaban J connectivity index is 1.59. The van der Waals surface area contributed by atoms with Crippen LogP contribution in [0.4, 0.5) is 10.2 Å². The summed E-state index contributed by atoms with van der Waals surface area (Å²) in [4.78, 5) is 8.06. The van der Waals surface area contributed by atoms with Crippen molar-refractivity contribution < 1.29 is 9.13 Å². The fourth-order valence-corrected chi connectivity index (χ4v) is 2.31. The molecular formula is C21H18FN3O. The van der Waals surface area contributed by atoms with Crippen molar-refractivity contribution >= 4 is 5.82 Å². The molecule has 130 valence electrons. The van der Waals surface area contributed by atoms with Crippen LogP contribution >= 0.6 is 0 Å². The minimum atomic E-state index is -0.544. The van der Waals surface area contributed by atoms with Gasteiger partial charge in [-0.15, -0.1) is 0 Å². The highest BCUT2D eigenvalue weighted by Gasteiger charge is 2.04. The molecule has 0 radical (unpaired) electrons. The number of hydrogen-bond acceptors (Lipinski definition) is 4. The Labute approximate surface area is 151 Å². The second-order valence-electron chi connectivity index (χ2n) is 5.74. The maximum absolute atomic E-state index is 13.5. The largest absolute Gasteiger partial charge is 0.473 e. The Bertz CT molecular complexity index is 945. The standard InChI is InChI=1S/C21H18FN3O/c1-15-18(13-19(22)21(23)25-15)6-4-5-16-8-10-17(11-9-16)14-26-20-7-2-3-12-24-20/h2-3,7-13H,5,14H2,1H3,(H2,23,25). The van der Waals surface area contributed by atoms with E-state index in [1.165, 1.54) is 6.07 Å². The van der Waals surface area contributed by atoms with E-state index >= 15 is 0 Å². The van der Waals surface area contributed by atoms with Crippen molar-refractivity contribution in [2.24, 2.45) is 0 Å². The molecule has 4 nitrogen and oxygen atoms in total. The molecule has 0 bridgehead atoms. The van der Waals surface area contributed by atoms with E-state index in [4.69, 9.17) is 10.5 Å². The first kappa shape index (κ1) is 17.4. The van der Waals surface area contributed by atoms with Crippen LogP contribution < -0.4 is 10.5 Å². The molecule has 0 unspecified atom stereocenters. The maximum Gasteiger partial charge on any atom is 0.213 e. The summed E-state index contributed by atoms with van der Waals surface area (Å²) in [5.41, 5.74) is 8.73. The first-order valence-electron chi connectivity index (χ1n) is 8.15. The summed E-state index contributed by atoms with van der Waals surface area (Å²) in [6, 6.07) is 14.9. The number of nitrogen functional groups attached to an aromatic ring is 1. The number of halogens is 1. The summed E-state index contributed by atoms with van der Waals surface area (Å²) in [5, 5.41) is 0. The molecule has 3 rings (SSSR count). The Morgan fingerprint density at radius 1 is 1.12 bits per heavy atom. The molecule has 0 saturated heterocycles. The number of nitrogens with zero attached hydrogens (tertiary/aromatic N) is 2. The third kappa shape index (κ3) is 4.58. The Morgan fingerprint density at radius 2 is 1.88 bits per heavy atom. The Morgan fingerprint density at radius 3 is 2.62 bits per heavy atom. The molecule has 0 atom stereocenters. The van der Waals surface area contributed by atoms with Crippen LogP contribution in [-0.4, -0.2) is 9.97 Å². The first-order chi connectivity index (χ1) is 12.6. The van der Waals surface area contributed by atoms with E-state index in [1.54, 1.807) is 13.1 Å². The predicted octanol–water partition coefficient (Wildman–Crippen LogP) is 3.68. The zero-order valence-corrected chi connectivity index (χ0v) is 14.4. The summed E-state index contributed by atoms with van der Waals surface area (Å²) in [6.45, 7) is 2.22.